The van der Waals surface area contributed by atoms with Gasteiger partial charge < -0.3 is 19.9 Å². The van der Waals surface area contributed by atoms with Crippen molar-refractivity contribution in [3.8, 4) is 11.5 Å². The second-order valence-electron chi connectivity index (χ2n) is 6.67. The lowest BCUT2D eigenvalue weighted by atomic mass is 9.95. The van der Waals surface area contributed by atoms with Crippen molar-refractivity contribution in [3.63, 3.8) is 0 Å². The highest BCUT2D eigenvalue weighted by Crippen LogP contribution is 2.40. The van der Waals surface area contributed by atoms with Gasteiger partial charge in [0.25, 0.3) is 5.91 Å². The molecule has 1 aliphatic carbocycles. The van der Waals surface area contributed by atoms with Crippen LogP contribution in [0.1, 0.15) is 29.0 Å². The smallest absolute Gasteiger partial charge is 0.416 e. The lowest BCUT2D eigenvalue weighted by Crippen LogP contribution is -2.29. The third-order valence-electron chi connectivity index (χ3n) is 4.89. The summed E-state index contributed by atoms with van der Waals surface area (Å²) in [6, 6.07) is 7.01. The normalized spacial score (nSPS) is 24.2. The molecule has 5 nitrogen and oxygen atoms in total. The van der Waals surface area contributed by atoms with E-state index in [2.05, 4.69) is 5.32 Å². The number of ether oxygens (including phenoxy) is 2. The number of halogens is 4. The highest BCUT2D eigenvalue weighted by Gasteiger charge is 2.41. The van der Waals surface area contributed by atoms with E-state index in [1.54, 1.807) is 18.2 Å². The Labute approximate surface area is 156 Å². The highest BCUT2D eigenvalue weighted by atomic mass is 19.4. The Balaban J connectivity index is 1.54. The Morgan fingerprint density at radius 1 is 1.18 bits per heavy atom. The number of carbonyl (C=O) groups excluding carboxylic acids is 1. The number of carbonyl (C=O) groups is 1. The average Bonchev–Trinajstić information content (AvgIpc) is 3.17. The van der Waals surface area contributed by atoms with E-state index in [9.17, 15) is 27.5 Å². The van der Waals surface area contributed by atoms with Crippen LogP contribution in [0.4, 0.5) is 17.6 Å². The van der Waals surface area contributed by atoms with Gasteiger partial charge in [-0.3, -0.25) is 4.79 Å². The quantitative estimate of drug-likeness (QED) is 0.779. The first-order chi connectivity index (χ1) is 13.2. The molecule has 1 fully saturated rings. The number of aryl methyl sites for hydroxylation is 1. The van der Waals surface area contributed by atoms with Crippen molar-refractivity contribution in [2.75, 3.05) is 0 Å². The molecule has 0 saturated carbocycles. The van der Waals surface area contributed by atoms with Crippen molar-refractivity contribution in [3.05, 3.63) is 58.9 Å². The van der Waals surface area contributed by atoms with Crippen molar-refractivity contribution >= 4 is 5.91 Å². The van der Waals surface area contributed by atoms with Gasteiger partial charge in [-0.25, -0.2) is 4.39 Å². The number of rotatable bonds is 3. The standard InChI is InChI=1S/C19H15F4NO4/c20-14-8-10(19(21,22)23)2-6-15(14)27-11-3-5-12-9(7-11)1-4-13(12)16-17(25)24-18(26)28-16/h2-3,5-8,13,16,18,26H,1,4H2,(H,24,25)/t13-,16?,18?/m1/s1. The molecular formula is C19H15F4NO4. The van der Waals surface area contributed by atoms with Gasteiger partial charge in [0.15, 0.2) is 11.6 Å². The van der Waals surface area contributed by atoms with Crippen LogP contribution in [0, 0.1) is 5.82 Å². The molecule has 1 aliphatic heterocycles. The first kappa shape index (κ1) is 18.7. The first-order valence-corrected chi connectivity index (χ1v) is 8.54. The van der Waals surface area contributed by atoms with Gasteiger partial charge in [-0.05, 0) is 54.3 Å². The van der Waals surface area contributed by atoms with Gasteiger partial charge in [-0.15, -0.1) is 0 Å². The van der Waals surface area contributed by atoms with Crippen LogP contribution in [0.3, 0.4) is 0 Å². The molecule has 148 valence electrons. The van der Waals surface area contributed by atoms with Crippen molar-refractivity contribution in [1.29, 1.82) is 0 Å². The highest BCUT2D eigenvalue weighted by molar-refractivity contribution is 5.83. The summed E-state index contributed by atoms with van der Waals surface area (Å²) in [4.78, 5) is 11.9. The summed E-state index contributed by atoms with van der Waals surface area (Å²) in [6.07, 6.45) is -5.51. The number of aliphatic hydroxyl groups excluding tert-OH is 1. The molecule has 0 bridgehead atoms. The van der Waals surface area contributed by atoms with Gasteiger partial charge in [0, 0.05) is 5.92 Å². The summed E-state index contributed by atoms with van der Waals surface area (Å²) < 4.78 is 62.5. The molecule has 2 N–H and O–H groups in total. The van der Waals surface area contributed by atoms with Gasteiger partial charge in [0.05, 0.1) is 5.56 Å². The van der Waals surface area contributed by atoms with E-state index in [1.807, 2.05) is 0 Å². The number of fused-ring (bicyclic) bond motifs is 1. The fourth-order valence-corrected chi connectivity index (χ4v) is 3.61. The van der Waals surface area contributed by atoms with Gasteiger partial charge in [-0.1, -0.05) is 6.07 Å². The lowest BCUT2D eigenvalue weighted by molar-refractivity contribution is -0.137. The fraction of sp³-hybridized carbons (Fsp3) is 0.316. The summed E-state index contributed by atoms with van der Waals surface area (Å²) in [5, 5.41) is 11.7. The average molecular weight is 397 g/mol. The molecule has 1 heterocycles. The number of hydrogen-bond acceptors (Lipinski definition) is 4. The van der Waals surface area contributed by atoms with Crippen LogP contribution in [-0.2, 0) is 22.1 Å². The number of nitrogens with one attached hydrogen (secondary N) is 1. The summed E-state index contributed by atoms with van der Waals surface area (Å²) in [6.45, 7) is 0. The van der Waals surface area contributed by atoms with Crippen LogP contribution in [-0.4, -0.2) is 23.5 Å². The molecule has 1 saturated heterocycles. The second kappa shape index (κ2) is 6.75. The number of aliphatic hydroxyl groups is 1. The number of benzene rings is 2. The maximum Gasteiger partial charge on any atom is 0.416 e. The minimum Gasteiger partial charge on any atom is -0.454 e. The van der Waals surface area contributed by atoms with E-state index in [4.69, 9.17) is 9.47 Å². The van der Waals surface area contributed by atoms with E-state index in [0.29, 0.717) is 18.9 Å². The molecule has 0 spiro atoms. The van der Waals surface area contributed by atoms with E-state index in [-0.39, 0.29) is 17.4 Å². The van der Waals surface area contributed by atoms with Crippen molar-refractivity contribution in [2.24, 2.45) is 0 Å². The topological polar surface area (TPSA) is 67.8 Å². The molecule has 4 rings (SSSR count). The minimum absolute atomic E-state index is 0.232. The Morgan fingerprint density at radius 3 is 2.61 bits per heavy atom. The third kappa shape index (κ3) is 3.43. The molecule has 2 aromatic carbocycles. The third-order valence-corrected chi connectivity index (χ3v) is 4.89. The zero-order valence-electron chi connectivity index (χ0n) is 14.3. The fourth-order valence-electron chi connectivity index (χ4n) is 3.61. The zero-order chi connectivity index (χ0) is 20.1. The van der Waals surface area contributed by atoms with E-state index < -0.39 is 36.0 Å². The van der Waals surface area contributed by atoms with Crippen molar-refractivity contribution < 1.29 is 36.9 Å². The van der Waals surface area contributed by atoms with Crippen LogP contribution in [0.25, 0.3) is 0 Å². The summed E-state index contributed by atoms with van der Waals surface area (Å²) >= 11 is 0. The zero-order valence-corrected chi connectivity index (χ0v) is 14.3. The number of hydrogen-bond donors (Lipinski definition) is 2. The molecule has 28 heavy (non-hydrogen) atoms. The van der Waals surface area contributed by atoms with E-state index in [1.165, 1.54) is 0 Å². The Morgan fingerprint density at radius 2 is 1.96 bits per heavy atom. The van der Waals surface area contributed by atoms with Gasteiger partial charge in [-0.2, -0.15) is 13.2 Å². The molecule has 2 aliphatic rings. The van der Waals surface area contributed by atoms with Crippen LogP contribution in [0.5, 0.6) is 11.5 Å². The van der Waals surface area contributed by atoms with E-state index in [0.717, 1.165) is 23.3 Å². The molecule has 3 atom stereocenters. The van der Waals surface area contributed by atoms with E-state index >= 15 is 0 Å². The lowest BCUT2D eigenvalue weighted by Gasteiger charge is -2.17. The molecule has 2 unspecified atom stereocenters. The molecule has 9 heteroatoms. The van der Waals surface area contributed by atoms with Gasteiger partial charge >= 0.3 is 6.18 Å². The maximum absolute atomic E-state index is 14.0. The number of alkyl halides is 3. The monoisotopic (exact) mass is 397 g/mol. The van der Waals surface area contributed by atoms with Crippen molar-refractivity contribution in [1.82, 2.24) is 5.32 Å². The van der Waals surface area contributed by atoms with Crippen LogP contribution >= 0.6 is 0 Å². The summed E-state index contributed by atoms with van der Waals surface area (Å²) in [5.74, 6) is -1.78. The molecule has 0 aromatic heterocycles. The minimum atomic E-state index is -4.63. The van der Waals surface area contributed by atoms with Gasteiger partial charge in [0.2, 0.25) is 6.41 Å². The molecule has 2 aromatic rings. The Bertz CT molecular complexity index is 931. The second-order valence-corrected chi connectivity index (χ2v) is 6.67. The number of amides is 1. The Hall–Kier alpha value is -2.65. The van der Waals surface area contributed by atoms with Crippen molar-refractivity contribution in [2.45, 2.75) is 37.5 Å². The largest absolute Gasteiger partial charge is 0.454 e. The van der Waals surface area contributed by atoms with Gasteiger partial charge in [0.1, 0.15) is 11.9 Å². The van der Waals surface area contributed by atoms with Crippen LogP contribution in [0.2, 0.25) is 0 Å². The van der Waals surface area contributed by atoms with Crippen LogP contribution in [0.15, 0.2) is 36.4 Å². The predicted octanol–water partition coefficient (Wildman–Crippen LogP) is 3.46. The summed E-state index contributed by atoms with van der Waals surface area (Å²) in [7, 11) is 0. The molecule has 0 radical (unpaired) electrons. The predicted molar refractivity (Wildman–Crippen MR) is 88.0 cm³/mol. The molecular weight excluding hydrogens is 382 g/mol. The summed E-state index contributed by atoms with van der Waals surface area (Å²) in [5.41, 5.74) is 0.633. The van der Waals surface area contributed by atoms with Crippen LogP contribution < -0.4 is 10.1 Å². The first-order valence-electron chi connectivity index (χ1n) is 8.54. The maximum atomic E-state index is 14.0. The Kier molecular flexibility index (Phi) is 4.51. The SMILES string of the molecule is O=C1NC(O)OC1[C@@H]1CCc2cc(Oc3ccc(C(F)(F)F)cc3F)ccc21. The molecule has 1 amide bonds.